The molecular weight excluding hydrogens is 446 g/mol. The average Bonchev–Trinajstić information content (AvgIpc) is 3.21. The van der Waals surface area contributed by atoms with Crippen molar-refractivity contribution in [1.82, 2.24) is 19.2 Å². The number of ether oxygens (including phenoxy) is 1. The molecule has 0 atom stereocenters. The normalized spacial score (nSPS) is 17.7. The standard InChI is InChI=1S/C26H33N5O2S/c1-33-22-13-11-20(12-14-22)25-27-30(26(34)31(25)21-7-3-2-4-8-21)19-28-15-17-29(18-16-28)23-9-5-6-10-24(23)32/h5-6,9-14,21,32H,2-4,7-8,15-19H2,1H3. The van der Waals surface area contributed by atoms with E-state index >= 15 is 0 Å². The smallest absolute Gasteiger partial charge is 0.199 e. The van der Waals surface area contributed by atoms with Gasteiger partial charge in [-0.1, -0.05) is 31.4 Å². The molecule has 7 nitrogen and oxygen atoms in total. The molecule has 2 heterocycles. The summed E-state index contributed by atoms with van der Waals surface area (Å²) < 4.78 is 10.5. The monoisotopic (exact) mass is 479 g/mol. The minimum Gasteiger partial charge on any atom is -0.506 e. The maximum atomic E-state index is 10.2. The molecule has 5 rings (SSSR count). The number of rotatable bonds is 6. The molecule has 1 saturated carbocycles. The van der Waals surface area contributed by atoms with Gasteiger partial charge in [0.1, 0.15) is 11.5 Å². The molecule has 1 saturated heterocycles. The summed E-state index contributed by atoms with van der Waals surface area (Å²) in [6.45, 7) is 4.18. The molecule has 2 fully saturated rings. The Kier molecular flexibility index (Phi) is 6.87. The maximum Gasteiger partial charge on any atom is 0.199 e. The van der Waals surface area contributed by atoms with Gasteiger partial charge in [0.05, 0.1) is 19.5 Å². The molecule has 8 heteroatoms. The third-order valence-electron chi connectivity index (χ3n) is 7.09. The third-order valence-corrected chi connectivity index (χ3v) is 7.49. The molecule has 34 heavy (non-hydrogen) atoms. The largest absolute Gasteiger partial charge is 0.506 e. The average molecular weight is 480 g/mol. The Bertz CT molecular complexity index is 1160. The molecule has 0 bridgehead atoms. The number of para-hydroxylation sites is 2. The van der Waals surface area contributed by atoms with Crippen LogP contribution in [0.1, 0.15) is 38.1 Å². The molecule has 0 amide bonds. The zero-order chi connectivity index (χ0) is 23.5. The van der Waals surface area contributed by atoms with Crippen molar-refractivity contribution in [3.63, 3.8) is 0 Å². The van der Waals surface area contributed by atoms with Crippen LogP contribution in [-0.2, 0) is 6.67 Å². The molecule has 1 N–H and O–H groups in total. The second kappa shape index (κ2) is 10.2. The van der Waals surface area contributed by atoms with Crippen LogP contribution in [0.2, 0.25) is 0 Å². The number of hydrogen-bond donors (Lipinski definition) is 1. The topological polar surface area (TPSA) is 58.7 Å². The van der Waals surface area contributed by atoms with Gasteiger partial charge < -0.3 is 14.7 Å². The molecule has 1 aliphatic heterocycles. The summed E-state index contributed by atoms with van der Waals surface area (Å²) in [5.41, 5.74) is 1.97. The Morgan fingerprint density at radius 1 is 0.971 bits per heavy atom. The number of anilines is 1. The summed E-state index contributed by atoms with van der Waals surface area (Å²) in [4.78, 5) is 4.64. The lowest BCUT2D eigenvalue weighted by atomic mass is 9.95. The fourth-order valence-electron chi connectivity index (χ4n) is 5.17. The van der Waals surface area contributed by atoms with Crippen molar-refractivity contribution < 1.29 is 9.84 Å². The van der Waals surface area contributed by atoms with Crippen molar-refractivity contribution in [3.8, 4) is 22.9 Å². The van der Waals surface area contributed by atoms with E-state index in [0.717, 1.165) is 66.6 Å². The minimum atomic E-state index is 0.341. The van der Waals surface area contributed by atoms with Gasteiger partial charge in [-0.2, -0.15) is 5.10 Å². The lowest BCUT2D eigenvalue weighted by Gasteiger charge is -2.36. The molecule has 180 valence electrons. The summed E-state index contributed by atoms with van der Waals surface area (Å²) >= 11 is 6.00. The number of benzene rings is 2. The van der Waals surface area contributed by atoms with Crippen molar-refractivity contribution in [2.45, 2.75) is 44.8 Å². The molecule has 1 aliphatic carbocycles. The second-order valence-corrected chi connectivity index (χ2v) is 9.60. The molecule has 0 spiro atoms. The first-order valence-corrected chi connectivity index (χ1v) is 12.6. The number of piperazine rings is 1. The SMILES string of the molecule is COc1ccc(-c2nn(CN3CCN(c4ccccc4O)CC3)c(=S)n2C2CCCCC2)cc1. The van der Waals surface area contributed by atoms with Crippen LogP contribution in [0.3, 0.4) is 0 Å². The molecule has 2 aliphatic rings. The second-order valence-electron chi connectivity index (χ2n) is 9.23. The molecule has 0 unspecified atom stereocenters. The fourth-order valence-corrected chi connectivity index (χ4v) is 5.50. The van der Waals surface area contributed by atoms with Crippen LogP contribution in [0, 0.1) is 4.77 Å². The zero-order valence-electron chi connectivity index (χ0n) is 19.8. The van der Waals surface area contributed by atoms with E-state index in [1.807, 2.05) is 35.0 Å². The van der Waals surface area contributed by atoms with Gasteiger partial charge in [-0.3, -0.25) is 9.47 Å². The van der Waals surface area contributed by atoms with Crippen LogP contribution >= 0.6 is 12.2 Å². The van der Waals surface area contributed by atoms with Gasteiger partial charge in [-0.15, -0.1) is 0 Å². The molecule has 1 aromatic heterocycles. The van der Waals surface area contributed by atoms with Crippen molar-refractivity contribution >= 4 is 17.9 Å². The number of methoxy groups -OCH3 is 1. The Balaban J connectivity index is 1.37. The summed E-state index contributed by atoms with van der Waals surface area (Å²) in [6, 6.07) is 16.1. The van der Waals surface area contributed by atoms with E-state index in [1.165, 1.54) is 19.3 Å². The van der Waals surface area contributed by atoms with Crippen LogP contribution in [0.4, 0.5) is 5.69 Å². The predicted molar refractivity (Wildman–Crippen MR) is 137 cm³/mol. The molecular formula is C26H33N5O2S. The van der Waals surface area contributed by atoms with Crippen LogP contribution in [0.25, 0.3) is 11.4 Å². The van der Waals surface area contributed by atoms with E-state index in [1.54, 1.807) is 13.2 Å². The van der Waals surface area contributed by atoms with Gasteiger partial charge in [-0.05, 0) is 61.5 Å². The third kappa shape index (κ3) is 4.70. The number of phenols is 1. The Morgan fingerprint density at radius 3 is 2.35 bits per heavy atom. The van der Waals surface area contributed by atoms with Gasteiger partial charge in [0.2, 0.25) is 0 Å². The van der Waals surface area contributed by atoms with Crippen molar-refractivity contribution in [1.29, 1.82) is 0 Å². The van der Waals surface area contributed by atoms with Gasteiger partial charge in [0, 0.05) is 37.8 Å². The lowest BCUT2D eigenvalue weighted by molar-refractivity contribution is 0.193. The number of phenolic OH excluding ortho intramolecular Hbond substituents is 1. The van der Waals surface area contributed by atoms with E-state index in [0.29, 0.717) is 18.5 Å². The lowest BCUT2D eigenvalue weighted by Crippen LogP contribution is -2.47. The predicted octanol–water partition coefficient (Wildman–Crippen LogP) is 5.08. The van der Waals surface area contributed by atoms with Crippen molar-refractivity contribution in [2.24, 2.45) is 0 Å². The van der Waals surface area contributed by atoms with Gasteiger partial charge in [0.25, 0.3) is 0 Å². The Labute approximate surface area is 206 Å². The number of nitrogens with zero attached hydrogens (tertiary/aromatic N) is 5. The first kappa shape index (κ1) is 22.9. The highest BCUT2D eigenvalue weighted by Gasteiger charge is 2.25. The van der Waals surface area contributed by atoms with E-state index in [2.05, 4.69) is 26.5 Å². The number of aromatic nitrogens is 3. The van der Waals surface area contributed by atoms with Gasteiger partial charge in [-0.25, -0.2) is 4.68 Å². The van der Waals surface area contributed by atoms with Crippen LogP contribution in [0.15, 0.2) is 48.5 Å². The first-order chi connectivity index (χ1) is 16.6. The van der Waals surface area contributed by atoms with Crippen LogP contribution in [-0.4, -0.2) is 57.6 Å². The molecule has 2 aromatic carbocycles. The highest BCUT2D eigenvalue weighted by Crippen LogP contribution is 2.33. The van der Waals surface area contributed by atoms with Gasteiger partial charge >= 0.3 is 0 Å². The van der Waals surface area contributed by atoms with Crippen LogP contribution in [0.5, 0.6) is 11.5 Å². The van der Waals surface area contributed by atoms with E-state index in [-0.39, 0.29) is 0 Å². The highest BCUT2D eigenvalue weighted by atomic mass is 32.1. The summed E-state index contributed by atoms with van der Waals surface area (Å²) in [5, 5.41) is 15.2. The quantitative estimate of drug-likeness (QED) is 0.498. The van der Waals surface area contributed by atoms with E-state index < -0.39 is 0 Å². The maximum absolute atomic E-state index is 10.2. The fraction of sp³-hybridized carbons (Fsp3) is 0.462. The van der Waals surface area contributed by atoms with E-state index in [9.17, 15) is 5.11 Å². The van der Waals surface area contributed by atoms with Crippen LogP contribution < -0.4 is 9.64 Å². The van der Waals surface area contributed by atoms with Crippen molar-refractivity contribution in [2.75, 3.05) is 38.2 Å². The van der Waals surface area contributed by atoms with Crippen molar-refractivity contribution in [3.05, 3.63) is 53.3 Å². The summed E-state index contributed by atoms with van der Waals surface area (Å²) in [6.07, 6.45) is 6.10. The zero-order valence-corrected chi connectivity index (χ0v) is 20.6. The highest BCUT2D eigenvalue weighted by molar-refractivity contribution is 7.71. The molecule has 0 radical (unpaired) electrons. The number of aromatic hydroxyl groups is 1. The Hall–Kier alpha value is -2.84. The first-order valence-electron chi connectivity index (χ1n) is 12.2. The van der Waals surface area contributed by atoms with E-state index in [4.69, 9.17) is 22.1 Å². The molecule has 3 aromatic rings. The minimum absolute atomic E-state index is 0.341. The Morgan fingerprint density at radius 2 is 1.68 bits per heavy atom. The summed E-state index contributed by atoms with van der Waals surface area (Å²) in [7, 11) is 1.69. The number of hydrogen-bond acceptors (Lipinski definition) is 6. The summed E-state index contributed by atoms with van der Waals surface area (Å²) in [5.74, 6) is 2.13. The van der Waals surface area contributed by atoms with Gasteiger partial charge in [0.15, 0.2) is 10.6 Å².